The van der Waals surface area contributed by atoms with Gasteiger partial charge >= 0.3 is 0 Å². The van der Waals surface area contributed by atoms with Gasteiger partial charge in [-0.1, -0.05) is 6.92 Å². The zero-order chi connectivity index (χ0) is 13.7. The van der Waals surface area contributed by atoms with Crippen molar-refractivity contribution in [2.75, 3.05) is 38.6 Å². The van der Waals surface area contributed by atoms with Gasteiger partial charge in [0.05, 0.1) is 0 Å². The Hall–Kier alpha value is -1.13. The number of hydrogen-bond acceptors (Lipinski definition) is 4. The van der Waals surface area contributed by atoms with Gasteiger partial charge in [-0.2, -0.15) is 0 Å². The van der Waals surface area contributed by atoms with Crippen molar-refractivity contribution in [2.45, 2.75) is 32.4 Å². The van der Waals surface area contributed by atoms with E-state index < -0.39 is 0 Å². The van der Waals surface area contributed by atoms with Crippen LogP contribution in [0.5, 0.6) is 0 Å². The second-order valence-electron chi connectivity index (χ2n) is 5.47. The Balaban J connectivity index is 2.02. The average Bonchev–Trinajstić information content (AvgIpc) is 2.45. The third-order valence-electron chi connectivity index (χ3n) is 3.98. The van der Waals surface area contributed by atoms with Crippen molar-refractivity contribution in [1.29, 1.82) is 0 Å². The molecular weight excluding hydrogens is 236 g/mol. The summed E-state index contributed by atoms with van der Waals surface area (Å²) >= 11 is 0. The van der Waals surface area contributed by atoms with Gasteiger partial charge in [0.25, 0.3) is 0 Å². The van der Waals surface area contributed by atoms with Crippen molar-refractivity contribution in [2.24, 2.45) is 0 Å². The van der Waals surface area contributed by atoms with E-state index in [2.05, 4.69) is 47.2 Å². The van der Waals surface area contributed by atoms with E-state index in [9.17, 15) is 0 Å². The molecule has 4 nitrogen and oxygen atoms in total. The number of pyridine rings is 1. The van der Waals surface area contributed by atoms with Crippen LogP contribution >= 0.6 is 0 Å². The van der Waals surface area contributed by atoms with Crippen LogP contribution in [0.1, 0.15) is 25.3 Å². The lowest BCUT2D eigenvalue weighted by molar-refractivity contribution is 0.249. The molecule has 1 aromatic rings. The van der Waals surface area contributed by atoms with Crippen molar-refractivity contribution in [1.82, 2.24) is 15.2 Å². The second kappa shape index (κ2) is 6.87. The second-order valence-corrected chi connectivity index (χ2v) is 5.47. The lowest BCUT2D eigenvalue weighted by atomic mass is 10.0. The number of anilines is 1. The minimum atomic E-state index is 0.732. The van der Waals surface area contributed by atoms with Crippen LogP contribution < -0.4 is 10.2 Å². The number of nitrogens with zero attached hydrogens (tertiary/aromatic N) is 3. The highest BCUT2D eigenvalue weighted by Gasteiger charge is 2.21. The highest BCUT2D eigenvalue weighted by atomic mass is 15.2. The summed E-state index contributed by atoms with van der Waals surface area (Å²) in [4.78, 5) is 9.12. The van der Waals surface area contributed by atoms with Gasteiger partial charge in [0.2, 0.25) is 0 Å². The number of aromatic nitrogens is 1. The summed E-state index contributed by atoms with van der Waals surface area (Å²) in [6, 6.07) is 2.89. The first-order valence-electron chi connectivity index (χ1n) is 7.27. The molecular formula is C15H26N4. The molecule has 1 aliphatic heterocycles. The number of hydrogen-bond donors (Lipinski definition) is 1. The molecule has 0 amide bonds. The van der Waals surface area contributed by atoms with E-state index in [0.717, 1.165) is 32.2 Å². The van der Waals surface area contributed by atoms with Gasteiger partial charge in [-0.05, 0) is 39.5 Å². The summed E-state index contributed by atoms with van der Waals surface area (Å²) in [6.07, 6.45) is 6.39. The van der Waals surface area contributed by atoms with E-state index in [4.69, 9.17) is 0 Å². The summed E-state index contributed by atoms with van der Waals surface area (Å²) in [6.45, 7) is 6.33. The molecule has 2 heterocycles. The predicted molar refractivity (Wildman–Crippen MR) is 80.5 cm³/mol. The number of rotatable bonds is 5. The van der Waals surface area contributed by atoms with Crippen molar-refractivity contribution >= 4 is 5.69 Å². The van der Waals surface area contributed by atoms with Crippen LogP contribution in [0.15, 0.2) is 18.5 Å². The van der Waals surface area contributed by atoms with E-state index in [1.807, 2.05) is 12.4 Å². The first-order valence-corrected chi connectivity index (χ1v) is 7.27. The van der Waals surface area contributed by atoms with Gasteiger partial charge < -0.3 is 15.1 Å². The highest BCUT2D eigenvalue weighted by Crippen LogP contribution is 2.24. The molecule has 0 aromatic carbocycles. The molecule has 0 atom stereocenters. The van der Waals surface area contributed by atoms with Crippen LogP contribution in [0.3, 0.4) is 0 Å². The molecule has 1 aromatic heterocycles. The Bertz CT molecular complexity index is 383. The Labute approximate surface area is 116 Å². The van der Waals surface area contributed by atoms with E-state index in [-0.39, 0.29) is 0 Å². The molecule has 1 aliphatic rings. The minimum Gasteiger partial charge on any atom is -0.371 e. The predicted octanol–water partition coefficient (Wildman–Crippen LogP) is 1.72. The average molecular weight is 262 g/mol. The zero-order valence-electron chi connectivity index (χ0n) is 12.4. The maximum absolute atomic E-state index is 4.26. The monoisotopic (exact) mass is 262 g/mol. The molecule has 4 heteroatoms. The number of nitrogens with one attached hydrogen (secondary N) is 1. The topological polar surface area (TPSA) is 31.4 Å². The highest BCUT2D eigenvalue weighted by molar-refractivity contribution is 5.52. The smallest absolute Gasteiger partial charge is 0.0442 e. The first kappa shape index (κ1) is 14.3. The van der Waals surface area contributed by atoms with Gasteiger partial charge in [-0.3, -0.25) is 4.98 Å². The Morgan fingerprint density at radius 1 is 1.37 bits per heavy atom. The molecule has 106 valence electrons. The minimum absolute atomic E-state index is 0.732. The molecule has 1 N–H and O–H groups in total. The van der Waals surface area contributed by atoms with Crippen LogP contribution in [-0.4, -0.2) is 49.7 Å². The molecule has 19 heavy (non-hydrogen) atoms. The van der Waals surface area contributed by atoms with E-state index in [1.165, 1.54) is 24.1 Å². The molecule has 2 rings (SSSR count). The van der Waals surface area contributed by atoms with Crippen molar-refractivity contribution < 1.29 is 0 Å². The summed E-state index contributed by atoms with van der Waals surface area (Å²) in [5, 5.41) is 3.40. The maximum Gasteiger partial charge on any atom is 0.0442 e. The van der Waals surface area contributed by atoms with Crippen molar-refractivity contribution in [3.05, 3.63) is 24.0 Å². The van der Waals surface area contributed by atoms with Crippen LogP contribution in [0.4, 0.5) is 5.69 Å². The van der Waals surface area contributed by atoms with Gasteiger partial charge in [0, 0.05) is 49.3 Å². The Morgan fingerprint density at radius 2 is 2.11 bits per heavy atom. The van der Waals surface area contributed by atoms with Crippen LogP contribution in [-0.2, 0) is 6.54 Å². The fraction of sp³-hybridized carbons (Fsp3) is 0.667. The molecule has 0 radical (unpaired) electrons. The van der Waals surface area contributed by atoms with E-state index in [0.29, 0.717) is 0 Å². The normalized spacial score (nSPS) is 17.2. The fourth-order valence-corrected chi connectivity index (χ4v) is 2.75. The zero-order valence-corrected chi connectivity index (χ0v) is 12.4. The summed E-state index contributed by atoms with van der Waals surface area (Å²) < 4.78 is 0. The van der Waals surface area contributed by atoms with Crippen LogP contribution in [0.2, 0.25) is 0 Å². The van der Waals surface area contributed by atoms with Crippen molar-refractivity contribution in [3.8, 4) is 0 Å². The van der Waals surface area contributed by atoms with Crippen LogP contribution in [0, 0.1) is 0 Å². The molecule has 1 saturated heterocycles. The molecule has 1 fully saturated rings. The lowest BCUT2D eigenvalue weighted by Gasteiger charge is -2.37. The van der Waals surface area contributed by atoms with E-state index >= 15 is 0 Å². The standard InChI is InChI=1S/C15H26N4/c1-4-16-11-13-12-17-8-5-15(13)19-9-6-14(7-10-19)18(2)3/h5,8,12,14,16H,4,6-7,9-11H2,1-3H3. The molecule has 0 bridgehead atoms. The van der Waals surface area contributed by atoms with Crippen molar-refractivity contribution in [3.63, 3.8) is 0 Å². The summed E-state index contributed by atoms with van der Waals surface area (Å²) in [5.41, 5.74) is 2.67. The summed E-state index contributed by atoms with van der Waals surface area (Å²) in [7, 11) is 4.37. The van der Waals surface area contributed by atoms with Gasteiger partial charge in [0.1, 0.15) is 0 Å². The largest absolute Gasteiger partial charge is 0.371 e. The Kier molecular flexibility index (Phi) is 5.16. The molecule has 0 unspecified atom stereocenters. The Morgan fingerprint density at radius 3 is 2.74 bits per heavy atom. The maximum atomic E-state index is 4.26. The third kappa shape index (κ3) is 3.67. The fourth-order valence-electron chi connectivity index (χ4n) is 2.75. The van der Waals surface area contributed by atoms with E-state index in [1.54, 1.807) is 0 Å². The summed E-state index contributed by atoms with van der Waals surface area (Å²) in [5.74, 6) is 0. The van der Waals surface area contributed by atoms with Gasteiger partial charge in [0.15, 0.2) is 0 Å². The quantitative estimate of drug-likeness (QED) is 0.875. The van der Waals surface area contributed by atoms with Crippen LogP contribution in [0.25, 0.3) is 0 Å². The number of piperidine rings is 1. The molecule has 0 saturated carbocycles. The third-order valence-corrected chi connectivity index (χ3v) is 3.98. The van der Waals surface area contributed by atoms with Gasteiger partial charge in [-0.15, -0.1) is 0 Å². The molecule has 0 spiro atoms. The van der Waals surface area contributed by atoms with Gasteiger partial charge in [-0.25, -0.2) is 0 Å². The SMILES string of the molecule is CCNCc1cnccc1N1CCC(N(C)C)CC1. The lowest BCUT2D eigenvalue weighted by Crippen LogP contribution is -2.42. The molecule has 0 aliphatic carbocycles. The first-order chi connectivity index (χ1) is 9.22.